The van der Waals surface area contributed by atoms with E-state index in [0.717, 1.165) is 70.8 Å². The molecule has 1 aromatic carbocycles. The average molecular weight is 345 g/mol. The minimum Gasteiger partial charge on any atom is -0.339 e. The van der Waals surface area contributed by atoms with Crippen LogP contribution in [0.25, 0.3) is 0 Å². The van der Waals surface area contributed by atoms with Gasteiger partial charge in [-0.05, 0) is 57.1 Å². The smallest absolute Gasteiger partial charge is 0.253 e. The third-order valence-corrected chi connectivity index (χ3v) is 5.57. The molecule has 5 heteroatoms. The fraction of sp³-hybridized carbons (Fsp3) is 0.650. The molecule has 1 N–H and O–H groups in total. The number of nitrogens with one attached hydrogen (secondary N) is 1. The van der Waals surface area contributed by atoms with Crippen LogP contribution in [0.2, 0.25) is 0 Å². The van der Waals surface area contributed by atoms with Gasteiger partial charge in [-0.1, -0.05) is 12.1 Å². The number of rotatable bonds is 5. The summed E-state index contributed by atoms with van der Waals surface area (Å²) in [5.41, 5.74) is 2.10. The highest BCUT2D eigenvalue weighted by Crippen LogP contribution is 2.19. The molecule has 2 saturated heterocycles. The minimum absolute atomic E-state index is 0.197. The van der Waals surface area contributed by atoms with E-state index in [0.29, 0.717) is 5.92 Å². The number of carbonyl (C=O) groups excluding carboxylic acids is 1. The molecule has 2 fully saturated rings. The van der Waals surface area contributed by atoms with Gasteiger partial charge in [0.25, 0.3) is 5.91 Å². The molecule has 0 saturated carbocycles. The van der Waals surface area contributed by atoms with Crippen LogP contribution in [0.5, 0.6) is 0 Å². The van der Waals surface area contributed by atoms with Gasteiger partial charge < -0.3 is 15.1 Å². The summed E-state index contributed by atoms with van der Waals surface area (Å²) in [6.45, 7) is 8.23. The maximum atomic E-state index is 12.8. The molecule has 0 radical (unpaired) electrons. The minimum atomic E-state index is 0.197. The topological polar surface area (TPSA) is 38.8 Å². The molecule has 5 nitrogen and oxygen atoms in total. The van der Waals surface area contributed by atoms with E-state index in [4.69, 9.17) is 0 Å². The molecule has 25 heavy (non-hydrogen) atoms. The quantitative estimate of drug-likeness (QED) is 0.879. The SMILES string of the molecule is CNCC1CCN(C(=O)c2cccc(CN3CCN(C)CC3)c2)CC1. The monoisotopic (exact) mass is 344 g/mol. The Hall–Kier alpha value is -1.43. The highest BCUT2D eigenvalue weighted by Gasteiger charge is 2.23. The lowest BCUT2D eigenvalue weighted by atomic mass is 9.96. The molecular weight excluding hydrogens is 312 g/mol. The van der Waals surface area contributed by atoms with E-state index in [1.807, 2.05) is 24.1 Å². The number of benzene rings is 1. The normalized spacial score (nSPS) is 20.8. The van der Waals surface area contributed by atoms with Crippen LogP contribution in [0, 0.1) is 5.92 Å². The third kappa shape index (κ3) is 5.03. The van der Waals surface area contributed by atoms with Crippen molar-refractivity contribution in [1.82, 2.24) is 20.0 Å². The van der Waals surface area contributed by atoms with Gasteiger partial charge in [0.1, 0.15) is 0 Å². The van der Waals surface area contributed by atoms with E-state index >= 15 is 0 Å². The van der Waals surface area contributed by atoms with Gasteiger partial charge in [0.15, 0.2) is 0 Å². The number of piperidine rings is 1. The van der Waals surface area contributed by atoms with E-state index in [1.54, 1.807) is 0 Å². The highest BCUT2D eigenvalue weighted by molar-refractivity contribution is 5.94. The molecule has 0 spiro atoms. The Morgan fingerprint density at radius 1 is 1.12 bits per heavy atom. The van der Waals surface area contributed by atoms with Crippen molar-refractivity contribution in [3.05, 3.63) is 35.4 Å². The Morgan fingerprint density at radius 2 is 1.84 bits per heavy atom. The zero-order chi connectivity index (χ0) is 17.6. The summed E-state index contributed by atoms with van der Waals surface area (Å²) in [5, 5.41) is 3.25. The van der Waals surface area contributed by atoms with E-state index in [9.17, 15) is 4.79 Å². The molecule has 0 aromatic heterocycles. The van der Waals surface area contributed by atoms with Crippen molar-refractivity contribution in [2.45, 2.75) is 19.4 Å². The van der Waals surface area contributed by atoms with E-state index in [-0.39, 0.29) is 5.91 Å². The summed E-state index contributed by atoms with van der Waals surface area (Å²) < 4.78 is 0. The summed E-state index contributed by atoms with van der Waals surface area (Å²) in [5.74, 6) is 0.903. The predicted molar refractivity (Wildman–Crippen MR) is 102 cm³/mol. The molecule has 0 aliphatic carbocycles. The summed E-state index contributed by atoms with van der Waals surface area (Å²) in [7, 11) is 4.18. The molecule has 1 amide bonds. The van der Waals surface area contributed by atoms with Gasteiger partial charge in [-0.15, -0.1) is 0 Å². The van der Waals surface area contributed by atoms with Crippen molar-refractivity contribution >= 4 is 5.91 Å². The zero-order valence-electron chi connectivity index (χ0n) is 15.7. The van der Waals surface area contributed by atoms with Crippen molar-refractivity contribution in [3.63, 3.8) is 0 Å². The van der Waals surface area contributed by atoms with Crippen LogP contribution < -0.4 is 5.32 Å². The van der Waals surface area contributed by atoms with E-state index in [2.05, 4.69) is 34.3 Å². The number of likely N-dealkylation sites (tertiary alicyclic amines) is 1. The molecule has 2 aliphatic rings. The van der Waals surface area contributed by atoms with Crippen LogP contribution in [0.1, 0.15) is 28.8 Å². The highest BCUT2D eigenvalue weighted by atomic mass is 16.2. The van der Waals surface area contributed by atoms with E-state index < -0.39 is 0 Å². The van der Waals surface area contributed by atoms with Crippen LogP contribution in [0.4, 0.5) is 0 Å². The first-order chi connectivity index (χ1) is 12.2. The Bertz CT molecular complexity index is 561. The summed E-state index contributed by atoms with van der Waals surface area (Å²) in [6, 6.07) is 8.25. The van der Waals surface area contributed by atoms with Crippen LogP contribution in [-0.2, 0) is 6.54 Å². The van der Waals surface area contributed by atoms with Gasteiger partial charge >= 0.3 is 0 Å². The summed E-state index contributed by atoms with van der Waals surface area (Å²) >= 11 is 0. The van der Waals surface area contributed by atoms with Crippen LogP contribution in [-0.4, -0.2) is 80.5 Å². The van der Waals surface area contributed by atoms with E-state index in [1.165, 1.54) is 5.56 Å². The Morgan fingerprint density at radius 3 is 2.52 bits per heavy atom. The van der Waals surface area contributed by atoms with Crippen molar-refractivity contribution in [3.8, 4) is 0 Å². The lowest BCUT2D eigenvalue weighted by molar-refractivity contribution is 0.0690. The molecule has 2 heterocycles. The molecule has 138 valence electrons. The van der Waals surface area contributed by atoms with Crippen molar-refractivity contribution in [1.29, 1.82) is 0 Å². The number of carbonyl (C=O) groups is 1. The molecular formula is C20H32N4O. The fourth-order valence-corrected chi connectivity index (χ4v) is 3.88. The number of likely N-dealkylation sites (N-methyl/N-ethyl adjacent to an activating group) is 1. The van der Waals surface area contributed by atoms with Crippen LogP contribution in [0.3, 0.4) is 0 Å². The maximum absolute atomic E-state index is 12.8. The van der Waals surface area contributed by atoms with Gasteiger partial charge in [0.2, 0.25) is 0 Å². The third-order valence-electron chi connectivity index (χ3n) is 5.57. The lowest BCUT2D eigenvalue weighted by Crippen LogP contribution is -2.43. The van der Waals surface area contributed by atoms with Crippen molar-refractivity contribution in [2.24, 2.45) is 5.92 Å². The second-order valence-corrected chi connectivity index (χ2v) is 7.57. The number of hydrogen-bond acceptors (Lipinski definition) is 4. The van der Waals surface area contributed by atoms with Gasteiger partial charge in [0.05, 0.1) is 0 Å². The Balaban J connectivity index is 1.56. The van der Waals surface area contributed by atoms with Crippen molar-refractivity contribution in [2.75, 3.05) is 59.9 Å². The van der Waals surface area contributed by atoms with Gasteiger partial charge in [-0.25, -0.2) is 0 Å². The molecule has 0 unspecified atom stereocenters. The van der Waals surface area contributed by atoms with Crippen LogP contribution in [0.15, 0.2) is 24.3 Å². The first-order valence-corrected chi connectivity index (χ1v) is 9.59. The van der Waals surface area contributed by atoms with Gasteiger partial charge in [-0.3, -0.25) is 9.69 Å². The molecule has 0 bridgehead atoms. The molecule has 3 rings (SSSR count). The number of amides is 1. The lowest BCUT2D eigenvalue weighted by Gasteiger charge is -2.33. The fourth-order valence-electron chi connectivity index (χ4n) is 3.88. The number of hydrogen-bond donors (Lipinski definition) is 1. The Kier molecular flexibility index (Phi) is 6.45. The first-order valence-electron chi connectivity index (χ1n) is 9.59. The second kappa shape index (κ2) is 8.79. The molecule has 1 aromatic rings. The number of nitrogens with zero attached hydrogens (tertiary/aromatic N) is 3. The maximum Gasteiger partial charge on any atom is 0.253 e. The zero-order valence-corrected chi connectivity index (χ0v) is 15.7. The number of piperazine rings is 1. The summed E-state index contributed by atoms with van der Waals surface area (Å²) in [4.78, 5) is 19.7. The summed E-state index contributed by atoms with van der Waals surface area (Å²) in [6.07, 6.45) is 2.21. The van der Waals surface area contributed by atoms with Gasteiger partial charge in [-0.2, -0.15) is 0 Å². The standard InChI is InChI=1S/C20H32N4O/c1-21-15-17-6-8-24(9-7-17)20(25)19-5-3-4-18(14-19)16-23-12-10-22(2)11-13-23/h3-5,14,17,21H,6-13,15-16H2,1-2H3. The van der Waals surface area contributed by atoms with Crippen molar-refractivity contribution < 1.29 is 4.79 Å². The molecule has 2 aliphatic heterocycles. The predicted octanol–water partition coefficient (Wildman–Crippen LogP) is 1.51. The first kappa shape index (κ1) is 18.4. The second-order valence-electron chi connectivity index (χ2n) is 7.57. The van der Waals surface area contributed by atoms with Gasteiger partial charge in [0, 0.05) is 51.4 Å². The Labute approximate surface area is 152 Å². The van der Waals surface area contributed by atoms with Crippen LogP contribution >= 0.6 is 0 Å². The molecule has 0 atom stereocenters. The largest absolute Gasteiger partial charge is 0.339 e. The average Bonchev–Trinajstić information content (AvgIpc) is 2.64.